The van der Waals surface area contributed by atoms with Crippen molar-refractivity contribution in [1.29, 1.82) is 0 Å². The molecular formula is C17H19N5OS. The maximum absolute atomic E-state index is 13.0. The van der Waals surface area contributed by atoms with Crippen molar-refractivity contribution in [1.82, 2.24) is 24.2 Å². The Kier molecular flexibility index (Phi) is 3.93. The Hall–Kier alpha value is -2.41. The van der Waals surface area contributed by atoms with Crippen LogP contribution in [0.1, 0.15) is 21.1 Å². The van der Waals surface area contributed by atoms with Gasteiger partial charge in [0.1, 0.15) is 5.82 Å². The monoisotopic (exact) mass is 341 g/mol. The number of aryl methyl sites for hydroxylation is 1. The minimum absolute atomic E-state index is 0.101. The van der Waals surface area contributed by atoms with Crippen LogP contribution in [-0.2, 0) is 19.6 Å². The van der Waals surface area contributed by atoms with Gasteiger partial charge in [0, 0.05) is 50.3 Å². The summed E-state index contributed by atoms with van der Waals surface area (Å²) in [5.41, 5.74) is 1.04. The second-order valence-corrected chi connectivity index (χ2v) is 7.12. The molecule has 0 saturated carbocycles. The summed E-state index contributed by atoms with van der Waals surface area (Å²) in [5.74, 6) is 1.34. The second-order valence-electron chi connectivity index (χ2n) is 6.21. The summed E-state index contributed by atoms with van der Waals surface area (Å²) in [6.45, 7) is 4.89. The second kappa shape index (κ2) is 6.24. The highest BCUT2D eigenvalue weighted by Crippen LogP contribution is 2.23. The Morgan fingerprint density at radius 2 is 2.25 bits per heavy atom. The van der Waals surface area contributed by atoms with Gasteiger partial charge >= 0.3 is 0 Å². The zero-order valence-corrected chi connectivity index (χ0v) is 14.3. The first-order valence-corrected chi connectivity index (χ1v) is 8.89. The molecule has 0 fully saturated rings. The van der Waals surface area contributed by atoms with E-state index in [2.05, 4.69) is 14.6 Å². The molecule has 1 aliphatic heterocycles. The molecule has 1 aliphatic rings. The molecule has 0 radical (unpaired) electrons. The molecule has 1 amide bonds. The molecule has 0 bridgehead atoms. The number of hydrogen-bond donors (Lipinski definition) is 0. The van der Waals surface area contributed by atoms with Crippen LogP contribution in [0, 0.1) is 12.8 Å². The van der Waals surface area contributed by atoms with E-state index in [9.17, 15) is 4.79 Å². The molecule has 3 aromatic rings. The van der Waals surface area contributed by atoms with Crippen molar-refractivity contribution in [2.24, 2.45) is 5.92 Å². The van der Waals surface area contributed by atoms with Crippen LogP contribution in [-0.4, -0.2) is 36.7 Å². The summed E-state index contributed by atoms with van der Waals surface area (Å²) in [6.07, 6.45) is 7.56. The summed E-state index contributed by atoms with van der Waals surface area (Å²) >= 11 is 1.51. The van der Waals surface area contributed by atoms with Gasteiger partial charge in [0.2, 0.25) is 0 Å². The summed E-state index contributed by atoms with van der Waals surface area (Å²) in [6, 6.07) is 3.93. The first kappa shape index (κ1) is 15.1. The lowest BCUT2D eigenvalue weighted by molar-refractivity contribution is 0.0717. The summed E-state index contributed by atoms with van der Waals surface area (Å²) in [7, 11) is 0. The highest BCUT2D eigenvalue weighted by Gasteiger charge is 2.27. The molecule has 1 atom stereocenters. The number of nitrogens with zero attached hydrogens (tertiary/aromatic N) is 5. The molecule has 0 spiro atoms. The molecule has 0 saturated heterocycles. The number of hydrogen-bond acceptors (Lipinski definition) is 4. The quantitative estimate of drug-likeness (QED) is 0.735. The number of rotatable bonds is 3. The molecule has 6 nitrogen and oxygen atoms in total. The van der Waals surface area contributed by atoms with Crippen LogP contribution in [0.15, 0.2) is 42.3 Å². The minimum atomic E-state index is 0.101. The zero-order chi connectivity index (χ0) is 16.5. The van der Waals surface area contributed by atoms with Crippen molar-refractivity contribution in [3.63, 3.8) is 0 Å². The number of amides is 1. The first-order chi connectivity index (χ1) is 11.7. The van der Waals surface area contributed by atoms with Crippen LogP contribution >= 0.6 is 11.3 Å². The van der Waals surface area contributed by atoms with Gasteiger partial charge in [0.25, 0.3) is 5.91 Å². The molecule has 124 valence electrons. The molecule has 3 aromatic heterocycles. The smallest absolute Gasteiger partial charge is 0.264 e. The van der Waals surface area contributed by atoms with Crippen molar-refractivity contribution in [3.8, 4) is 0 Å². The van der Waals surface area contributed by atoms with Crippen LogP contribution in [0.5, 0.6) is 0 Å². The third-order valence-corrected chi connectivity index (χ3v) is 5.42. The molecule has 0 aromatic carbocycles. The van der Waals surface area contributed by atoms with E-state index in [4.69, 9.17) is 0 Å². The van der Waals surface area contributed by atoms with Crippen LogP contribution in [0.2, 0.25) is 0 Å². The van der Waals surface area contributed by atoms with Crippen LogP contribution < -0.4 is 0 Å². The molecule has 7 heteroatoms. The van der Waals surface area contributed by atoms with Gasteiger partial charge in [-0.2, -0.15) is 5.10 Å². The van der Waals surface area contributed by atoms with Gasteiger partial charge in [-0.1, -0.05) is 0 Å². The van der Waals surface area contributed by atoms with E-state index >= 15 is 0 Å². The molecular weight excluding hydrogens is 322 g/mol. The largest absolute Gasteiger partial charge is 0.333 e. The molecule has 4 heterocycles. The summed E-state index contributed by atoms with van der Waals surface area (Å²) in [4.78, 5) is 20.2. The maximum Gasteiger partial charge on any atom is 0.264 e. The molecule has 0 aliphatic carbocycles. The van der Waals surface area contributed by atoms with E-state index in [0.29, 0.717) is 19.0 Å². The fraction of sp³-hybridized carbons (Fsp3) is 0.353. The average molecular weight is 341 g/mol. The van der Waals surface area contributed by atoms with E-state index in [1.165, 1.54) is 11.3 Å². The van der Waals surface area contributed by atoms with Crippen molar-refractivity contribution >= 4 is 17.2 Å². The Bertz CT molecular complexity index is 835. The van der Waals surface area contributed by atoms with E-state index in [1.807, 2.05) is 52.6 Å². The Morgan fingerprint density at radius 3 is 3.00 bits per heavy atom. The van der Waals surface area contributed by atoms with Crippen molar-refractivity contribution in [2.75, 3.05) is 6.54 Å². The van der Waals surface area contributed by atoms with Crippen LogP contribution in [0.25, 0.3) is 0 Å². The standard InChI is InChI=1S/C17H19N5OS/c1-13-3-8-24-16(13)17(23)21-10-14(11-22-6-2-4-19-22)9-20-7-5-18-15(20)12-21/h2-8,14H,9-12H2,1H3/t14-/m0/s1. The maximum atomic E-state index is 13.0. The van der Waals surface area contributed by atoms with Gasteiger partial charge in [-0.05, 0) is 30.0 Å². The predicted octanol–water partition coefficient (Wildman–Crippen LogP) is 2.42. The number of imidazole rings is 1. The number of aromatic nitrogens is 4. The molecule has 24 heavy (non-hydrogen) atoms. The molecule has 4 rings (SSSR count). The Labute approximate surface area is 144 Å². The number of carbonyl (C=O) groups is 1. The van der Waals surface area contributed by atoms with Gasteiger partial charge in [0.15, 0.2) is 0 Å². The lowest BCUT2D eigenvalue weighted by Gasteiger charge is -2.24. The summed E-state index contributed by atoms with van der Waals surface area (Å²) < 4.78 is 4.09. The topological polar surface area (TPSA) is 56.0 Å². The zero-order valence-electron chi connectivity index (χ0n) is 13.5. The van der Waals surface area contributed by atoms with Crippen LogP contribution in [0.3, 0.4) is 0 Å². The highest BCUT2D eigenvalue weighted by atomic mass is 32.1. The minimum Gasteiger partial charge on any atom is -0.333 e. The highest BCUT2D eigenvalue weighted by molar-refractivity contribution is 7.12. The normalized spacial score (nSPS) is 17.5. The van der Waals surface area contributed by atoms with E-state index in [1.54, 1.807) is 6.20 Å². The van der Waals surface area contributed by atoms with Crippen molar-refractivity contribution < 1.29 is 4.79 Å². The van der Waals surface area contributed by atoms with Gasteiger partial charge in [-0.25, -0.2) is 4.98 Å². The third-order valence-electron chi connectivity index (χ3n) is 4.42. The number of thiophene rings is 1. The number of fused-ring (bicyclic) bond motifs is 1. The Balaban J connectivity index is 1.61. The van der Waals surface area contributed by atoms with Gasteiger partial charge in [0.05, 0.1) is 11.4 Å². The van der Waals surface area contributed by atoms with E-state index in [0.717, 1.165) is 29.4 Å². The Morgan fingerprint density at radius 1 is 1.33 bits per heavy atom. The fourth-order valence-corrected chi connectivity index (χ4v) is 4.11. The molecule has 0 N–H and O–H groups in total. The van der Waals surface area contributed by atoms with Gasteiger partial charge in [-0.3, -0.25) is 9.48 Å². The van der Waals surface area contributed by atoms with Gasteiger partial charge < -0.3 is 9.47 Å². The number of carbonyl (C=O) groups excluding carboxylic acids is 1. The van der Waals surface area contributed by atoms with Crippen LogP contribution in [0.4, 0.5) is 0 Å². The van der Waals surface area contributed by atoms with E-state index < -0.39 is 0 Å². The van der Waals surface area contributed by atoms with Crippen molar-refractivity contribution in [3.05, 3.63) is 58.6 Å². The first-order valence-electron chi connectivity index (χ1n) is 8.01. The third kappa shape index (κ3) is 2.87. The fourth-order valence-electron chi connectivity index (χ4n) is 3.22. The predicted molar refractivity (Wildman–Crippen MR) is 91.7 cm³/mol. The van der Waals surface area contributed by atoms with E-state index in [-0.39, 0.29) is 5.91 Å². The van der Waals surface area contributed by atoms with Crippen molar-refractivity contribution in [2.45, 2.75) is 26.6 Å². The average Bonchev–Trinajstić information content (AvgIpc) is 3.28. The lowest BCUT2D eigenvalue weighted by Crippen LogP contribution is -2.35. The van der Waals surface area contributed by atoms with Gasteiger partial charge in [-0.15, -0.1) is 11.3 Å². The lowest BCUT2D eigenvalue weighted by atomic mass is 10.1. The molecule has 0 unspecified atom stereocenters. The summed E-state index contributed by atoms with van der Waals surface area (Å²) in [5, 5.41) is 6.28. The SMILES string of the molecule is Cc1ccsc1C(=O)N1Cc2nccn2C[C@H](Cn2cccn2)C1.